The number of alkyl halides is 10. The highest BCUT2D eigenvalue weighted by Gasteiger charge is 2.64. The monoisotopic (exact) mass is 317 g/mol. The molecule has 0 amide bonds. The van der Waals surface area contributed by atoms with Gasteiger partial charge in [-0.05, 0) is 6.07 Å². The average Bonchev–Trinajstić information content (AvgIpc) is 2.57. The van der Waals surface area contributed by atoms with E-state index in [9.17, 15) is 43.9 Å². The Morgan fingerprint density at radius 2 is 1.20 bits per heavy atom. The van der Waals surface area contributed by atoms with Crippen molar-refractivity contribution in [2.45, 2.75) is 24.2 Å². The molecule has 0 N–H and O–H groups in total. The molecule has 0 aromatic carbocycles. The van der Waals surface area contributed by atoms with Crippen molar-refractivity contribution in [3.63, 3.8) is 0 Å². The van der Waals surface area contributed by atoms with Gasteiger partial charge in [-0.1, -0.05) is 0 Å². The molecule has 1 aromatic rings. The first-order valence-electron chi connectivity index (χ1n) is 4.43. The van der Waals surface area contributed by atoms with Gasteiger partial charge in [-0.15, -0.1) is 0 Å². The largest absolute Gasteiger partial charge is 0.459 e. The Kier molecular flexibility index (Phi) is 3.52. The van der Waals surface area contributed by atoms with E-state index in [2.05, 4.69) is 12.1 Å². The molecular formula is C8H3F10N2. The summed E-state index contributed by atoms with van der Waals surface area (Å²) in [5.41, 5.74) is -4.54. The minimum atomic E-state index is -6.20. The molecule has 0 spiro atoms. The molecule has 115 valence electrons. The number of rotatable bonds is 2. The van der Waals surface area contributed by atoms with Crippen molar-refractivity contribution < 1.29 is 43.9 Å². The van der Waals surface area contributed by atoms with Crippen LogP contribution in [-0.2, 0) is 11.8 Å². The number of halogens is 10. The Hall–Kier alpha value is -1.49. The van der Waals surface area contributed by atoms with E-state index < -0.39 is 46.3 Å². The molecule has 0 unspecified atom stereocenters. The van der Waals surface area contributed by atoms with E-state index >= 15 is 0 Å². The normalized spacial score (nSPS) is 14.8. The van der Waals surface area contributed by atoms with Gasteiger partial charge >= 0.3 is 24.2 Å². The second kappa shape index (κ2) is 4.25. The van der Waals surface area contributed by atoms with Crippen molar-refractivity contribution in [1.29, 1.82) is 0 Å². The lowest BCUT2D eigenvalue weighted by Crippen LogP contribution is -2.35. The minimum absolute atomic E-state index is 0.623. The van der Waals surface area contributed by atoms with Crippen molar-refractivity contribution in [2.75, 3.05) is 0 Å². The van der Waals surface area contributed by atoms with Gasteiger partial charge in [-0.2, -0.15) is 49.0 Å². The third-order valence-electron chi connectivity index (χ3n) is 2.14. The molecule has 0 saturated carbocycles. The van der Waals surface area contributed by atoms with Crippen molar-refractivity contribution in [2.24, 2.45) is 0 Å². The molecule has 20 heavy (non-hydrogen) atoms. The van der Waals surface area contributed by atoms with Gasteiger partial charge in [0, 0.05) is 0 Å². The van der Waals surface area contributed by atoms with Crippen LogP contribution >= 0.6 is 0 Å². The fourth-order valence-electron chi connectivity index (χ4n) is 1.11. The van der Waals surface area contributed by atoms with Gasteiger partial charge in [0.25, 0.3) is 0 Å². The summed E-state index contributed by atoms with van der Waals surface area (Å²) < 4.78 is 123. The first kappa shape index (κ1) is 16.6. The average molecular weight is 317 g/mol. The molecule has 0 fully saturated rings. The predicted octanol–water partition coefficient (Wildman–Crippen LogP) is 3.83. The number of nitrogens with zero attached hydrogens (tertiary/aromatic N) is 2. The van der Waals surface area contributed by atoms with Crippen molar-refractivity contribution in [3.05, 3.63) is 24.5 Å². The van der Waals surface area contributed by atoms with Crippen LogP contribution in [0.3, 0.4) is 0 Å². The maximum Gasteiger partial charge on any atom is 0.459 e. The lowest BCUT2D eigenvalue weighted by atomic mass is 10.1. The van der Waals surface area contributed by atoms with Crippen LogP contribution in [0.2, 0.25) is 0 Å². The third kappa shape index (κ3) is 2.42. The summed E-state index contributed by atoms with van der Waals surface area (Å²) >= 11 is 0. The summed E-state index contributed by atoms with van der Waals surface area (Å²) in [5, 5.41) is 2.28. The van der Waals surface area contributed by atoms with E-state index in [1.165, 1.54) is 0 Å². The second-order valence-corrected chi connectivity index (χ2v) is 3.56. The SMILES string of the molecule is [CH2]n1nc(C(F)(F)C(F)(F)F)cc1C(F)(F)C(F)(F)F. The molecule has 0 aliphatic rings. The smallest absolute Gasteiger partial charge is 0.261 e. The van der Waals surface area contributed by atoms with Crippen molar-refractivity contribution in [1.82, 2.24) is 9.78 Å². The van der Waals surface area contributed by atoms with Crippen molar-refractivity contribution in [3.8, 4) is 0 Å². The quantitative estimate of drug-likeness (QED) is 0.758. The van der Waals surface area contributed by atoms with Gasteiger partial charge < -0.3 is 0 Å². The summed E-state index contributed by atoms with van der Waals surface area (Å²) in [7, 11) is 2.44. The van der Waals surface area contributed by atoms with Gasteiger partial charge in [-0.25, -0.2) is 0 Å². The molecule has 0 aliphatic carbocycles. The summed E-state index contributed by atoms with van der Waals surface area (Å²) in [5.74, 6) is -11.4. The first-order chi connectivity index (χ1) is 8.62. The topological polar surface area (TPSA) is 17.8 Å². The van der Waals surface area contributed by atoms with Crippen LogP contribution in [0.5, 0.6) is 0 Å². The molecule has 0 aliphatic heterocycles. The summed E-state index contributed by atoms with van der Waals surface area (Å²) in [6.07, 6.45) is -12.4. The molecule has 0 saturated heterocycles. The number of hydrogen-bond donors (Lipinski definition) is 0. The van der Waals surface area contributed by atoms with Crippen LogP contribution in [0, 0.1) is 7.05 Å². The molecule has 12 heteroatoms. The van der Waals surface area contributed by atoms with Gasteiger partial charge in [0.2, 0.25) is 0 Å². The minimum Gasteiger partial charge on any atom is -0.261 e. The highest BCUT2D eigenvalue weighted by Crippen LogP contribution is 2.47. The fraction of sp³-hybridized carbons (Fsp3) is 0.500. The fourth-order valence-corrected chi connectivity index (χ4v) is 1.11. The molecule has 1 aromatic heterocycles. The van der Waals surface area contributed by atoms with Gasteiger partial charge in [0.15, 0.2) is 0 Å². The second-order valence-electron chi connectivity index (χ2n) is 3.56. The van der Waals surface area contributed by atoms with Gasteiger partial charge in [0.05, 0.1) is 7.05 Å². The highest BCUT2D eigenvalue weighted by atomic mass is 19.4. The van der Waals surface area contributed by atoms with Crippen LogP contribution in [0.25, 0.3) is 0 Å². The zero-order valence-electron chi connectivity index (χ0n) is 8.96. The molecule has 1 radical (unpaired) electrons. The standard InChI is InChI=1S/C8H3F10N2/c1-20-4(6(11,12)8(16,17)18)2-3(19-20)5(9,10)7(13,14)15/h2H,1H2. The van der Waals surface area contributed by atoms with Crippen LogP contribution in [0.1, 0.15) is 11.4 Å². The Labute approximate surface area is 104 Å². The van der Waals surface area contributed by atoms with E-state index in [0.717, 1.165) is 0 Å². The molecule has 0 atom stereocenters. The molecule has 2 nitrogen and oxygen atoms in total. The Morgan fingerprint density at radius 1 is 0.800 bits per heavy atom. The Bertz CT molecular complexity index is 494. The first-order valence-corrected chi connectivity index (χ1v) is 4.43. The molecular weight excluding hydrogens is 314 g/mol. The molecule has 1 heterocycles. The number of hydrogen-bond acceptors (Lipinski definition) is 1. The van der Waals surface area contributed by atoms with E-state index in [-0.39, 0.29) is 0 Å². The lowest BCUT2D eigenvalue weighted by molar-refractivity contribution is -0.292. The van der Waals surface area contributed by atoms with Crippen molar-refractivity contribution >= 4 is 0 Å². The van der Waals surface area contributed by atoms with E-state index in [1.807, 2.05) is 0 Å². The van der Waals surface area contributed by atoms with Crippen LogP contribution < -0.4 is 0 Å². The van der Waals surface area contributed by atoms with Gasteiger partial charge in [0.1, 0.15) is 11.4 Å². The van der Waals surface area contributed by atoms with Crippen LogP contribution in [-0.4, -0.2) is 22.1 Å². The third-order valence-corrected chi connectivity index (χ3v) is 2.14. The van der Waals surface area contributed by atoms with E-state index in [4.69, 9.17) is 0 Å². The van der Waals surface area contributed by atoms with Crippen LogP contribution in [0.4, 0.5) is 43.9 Å². The maximum atomic E-state index is 12.9. The maximum absolute atomic E-state index is 12.9. The zero-order valence-corrected chi connectivity index (χ0v) is 8.96. The Balaban J connectivity index is 3.39. The Morgan fingerprint density at radius 3 is 1.55 bits per heavy atom. The lowest BCUT2D eigenvalue weighted by Gasteiger charge is -2.19. The summed E-state index contributed by atoms with van der Waals surface area (Å²) in [4.78, 5) is 0. The summed E-state index contributed by atoms with van der Waals surface area (Å²) in [6.45, 7) is 0. The highest BCUT2D eigenvalue weighted by molar-refractivity contribution is 5.22. The predicted molar refractivity (Wildman–Crippen MR) is 42.9 cm³/mol. The van der Waals surface area contributed by atoms with Crippen LogP contribution in [0.15, 0.2) is 6.07 Å². The van der Waals surface area contributed by atoms with Gasteiger partial charge in [-0.3, -0.25) is 4.68 Å². The van der Waals surface area contributed by atoms with E-state index in [1.54, 1.807) is 0 Å². The van der Waals surface area contributed by atoms with E-state index in [0.29, 0.717) is 0 Å². The zero-order chi connectivity index (χ0) is 16.1. The molecule has 1 rings (SSSR count). The number of aromatic nitrogens is 2. The summed E-state index contributed by atoms with van der Waals surface area (Å²) in [6, 6.07) is -0.687. The molecule has 0 bridgehead atoms.